The molecular formula is C34H36O6. The molecule has 40 heavy (non-hydrogen) atoms. The molecule has 0 unspecified atom stereocenters. The molecule has 0 amide bonds. The number of hydrogen-bond donors (Lipinski definition) is 1. The molecule has 0 aromatic heterocycles. The first-order chi connectivity index (χ1) is 19.8. The number of aliphatic hydroxyl groups is 1. The summed E-state index contributed by atoms with van der Waals surface area (Å²) >= 11 is 0. The molecule has 0 bridgehead atoms. The number of ether oxygens (including phenoxy) is 5. The highest BCUT2D eigenvalue weighted by Crippen LogP contribution is 2.30. The van der Waals surface area contributed by atoms with Crippen molar-refractivity contribution in [2.45, 2.75) is 57.1 Å². The summed E-state index contributed by atoms with van der Waals surface area (Å²) in [7, 11) is 0. The van der Waals surface area contributed by atoms with Crippen molar-refractivity contribution in [3.05, 3.63) is 144 Å². The molecule has 5 rings (SSSR count). The second kappa shape index (κ2) is 14.9. The topological polar surface area (TPSA) is 66.4 Å². The van der Waals surface area contributed by atoms with Gasteiger partial charge in [0.15, 0.2) is 6.29 Å². The summed E-state index contributed by atoms with van der Waals surface area (Å²) in [4.78, 5) is 0. The first-order valence-corrected chi connectivity index (χ1v) is 13.7. The van der Waals surface area contributed by atoms with Crippen LogP contribution in [0.3, 0.4) is 0 Å². The molecule has 1 saturated heterocycles. The van der Waals surface area contributed by atoms with Crippen LogP contribution in [0.1, 0.15) is 22.3 Å². The van der Waals surface area contributed by atoms with Crippen molar-refractivity contribution < 1.29 is 28.8 Å². The van der Waals surface area contributed by atoms with Gasteiger partial charge in [-0.15, -0.1) is 0 Å². The van der Waals surface area contributed by atoms with Crippen molar-refractivity contribution in [3.63, 3.8) is 0 Å². The Morgan fingerprint density at radius 3 is 1.30 bits per heavy atom. The molecule has 0 aliphatic carbocycles. The van der Waals surface area contributed by atoms with E-state index in [0.29, 0.717) is 26.4 Å². The van der Waals surface area contributed by atoms with Crippen molar-refractivity contribution in [1.29, 1.82) is 0 Å². The lowest BCUT2D eigenvalue weighted by molar-refractivity contribution is -0.317. The van der Waals surface area contributed by atoms with Gasteiger partial charge < -0.3 is 28.8 Å². The fourth-order valence-corrected chi connectivity index (χ4v) is 4.77. The van der Waals surface area contributed by atoms with E-state index in [1.54, 1.807) is 0 Å². The highest BCUT2D eigenvalue weighted by molar-refractivity contribution is 5.16. The predicted octanol–water partition coefficient (Wildman–Crippen LogP) is 5.68. The normalized spacial score (nSPS) is 22.7. The van der Waals surface area contributed by atoms with Gasteiger partial charge in [0.05, 0.1) is 33.0 Å². The molecule has 208 valence electrons. The third kappa shape index (κ3) is 8.08. The molecule has 1 fully saturated rings. The Morgan fingerprint density at radius 1 is 0.475 bits per heavy atom. The molecule has 6 nitrogen and oxygen atoms in total. The minimum atomic E-state index is -1.22. The zero-order chi connectivity index (χ0) is 27.4. The molecule has 5 atom stereocenters. The van der Waals surface area contributed by atoms with E-state index in [2.05, 4.69) is 0 Å². The van der Waals surface area contributed by atoms with E-state index in [1.165, 1.54) is 0 Å². The Bertz CT molecular complexity index is 1240. The fraction of sp³-hybridized carbons (Fsp3) is 0.294. The second-order valence-corrected chi connectivity index (χ2v) is 9.85. The number of rotatable bonds is 13. The number of aliphatic hydroxyl groups excluding tert-OH is 1. The molecule has 1 heterocycles. The van der Waals surface area contributed by atoms with Crippen LogP contribution in [0.4, 0.5) is 0 Å². The van der Waals surface area contributed by atoms with Crippen LogP contribution < -0.4 is 0 Å². The lowest BCUT2D eigenvalue weighted by atomic mass is 9.98. The van der Waals surface area contributed by atoms with Crippen LogP contribution in [0.15, 0.2) is 121 Å². The van der Waals surface area contributed by atoms with E-state index in [4.69, 9.17) is 23.7 Å². The Morgan fingerprint density at radius 2 is 0.850 bits per heavy atom. The maximum atomic E-state index is 11.2. The molecule has 6 heteroatoms. The molecule has 1 aliphatic heterocycles. The third-order valence-corrected chi connectivity index (χ3v) is 6.86. The van der Waals surface area contributed by atoms with Crippen molar-refractivity contribution in [3.8, 4) is 0 Å². The van der Waals surface area contributed by atoms with Crippen LogP contribution in [0, 0.1) is 0 Å². The van der Waals surface area contributed by atoms with Crippen LogP contribution in [-0.4, -0.2) is 42.4 Å². The molecule has 1 N–H and O–H groups in total. The van der Waals surface area contributed by atoms with Gasteiger partial charge in [0, 0.05) is 0 Å². The summed E-state index contributed by atoms with van der Waals surface area (Å²) in [5, 5.41) is 11.2. The van der Waals surface area contributed by atoms with Crippen LogP contribution in [0.5, 0.6) is 0 Å². The van der Waals surface area contributed by atoms with E-state index in [-0.39, 0.29) is 6.61 Å². The molecule has 0 spiro atoms. The van der Waals surface area contributed by atoms with Crippen molar-refractivity contribution >= 4 is 0 Å². The van der Waals surface area contributed by atoms with Gasteiger partial charge in [0.25, 0.3) is 0 Å². The van der Waals surface area contributed by atoms with E-state index in [9.17, 15) is 5.11 Å². The molecule has 0 radical (unpaired) electrons. The third-order valence-electron chi connectivity index (χ3n) is 6.86. The van der Waals surface area contributed by atoms with Crippen LogP contribution in [0.2, 0.25) is 0 Å². The summed E-state index contributed by atoms with van der Waals surface area (Å²) in [6, 6.07) is 39.7. The van der Waals surface area contributed by atoms with Gasteiger partial charge in [0.2, 0.25) is 0 Å². The van der Waals surface area contributed by atoms with Gasteiger partial charge in [-0.2, -0.15) is 0 Å². The van der Waals surface area contributed by atoms with Crippen LogP contribution >= 0.6 is 0 Å². The van der Waals surface area contributed by atoms with Gasteiger partial charge in [0.1, 0.15) is 24.4 Å². The van der Waals surface area contributed by atoms with Crippen LogP contribution in [0.25, 0.3) is 0 Å². The SMILES string of the molecule is O[C@@H]1O[C@H](COCc2ccccc2)[C@H](OCc2ccccc2)[C@H](OCc2ccccc2)[C@H]1OCc1ccccc1. The fourth-order valence-electron chi connectivity index (χ4n) is 4.77. The standard InChI is InChI=1S/C34H36O6/c35-34-33(39-24-29-19-11-4-12-20-29)32(38-23-28-17-9-3-10-18-28)31(37-22-27-15-7-2-8-16-27)30(40-34)25-36-21-26-13-5-1-6-14-26/h1-20,30-35H,21-25H2/t30-,31+,32+,33-,34-/m1/s1. The lowest BCUT2D eigenvalue weighted by Gasteiger charge is -2.44. The zero-order valence-electron chi connectivity index (χ0n) is 22.5. The second-order valence-electron chi connectivity index (χ2n) is 9.85. The van der Waals surface area contributed by atoms with Gasteiger partial charge in [-0.3, -0.25) is 0 Å². The summed E-state index contributed by atoms with van der Waals surface area (Å²) in [5.74, 6) is 0. The smallest absolute Gasteiger partial charge is 0.184 e. The summed E-state index contributed by atoms with van der Waals surface area (Å²) < 4.78 is 31.4. The van der Waals surface area contributed by atoms with Crippen molar-refractivity contribution in [2.24, 2.45) is 0 Å². The van der Waals surface area contributed by atoms with Gasteiger partial charge in [-0.1, -0.05) is 121 Å². The van der Waals surface area contributed by atoms with Gasteiger partial charge >= 0.3 is 0 Å². The first-order valence-electron chi connectivity index (χ1n) is 13.7. The number of benzene rings is 4. The van der Waals surface area contributed by atoms with Crippen LogP contribution in [-0.2, 0) is 50.1 Å². The Kier molecular flexibility index (Phi) is 10.5. The monoisotopic (exact) mass is 540 g/mol. The molecule has 4 aromatic carbocycles. The summed E-state index contributed by atoms with van der Waals surface area (Å²) in [5.41, 5.74) is 4.10. The maximum absolute atomic E-state index is 11.2. The Hall–Kier alpha value is -3.36. The van der Waals surface area contributed by atoms with Gasteiger partial charge in [-0.05, 0) is 22.3 Å². The molecule has 1 aliphatic rings. The molecular weight excluding hydrogens is 504 g/mol. The molecule has 0 saturated carbocycles. The minimum absolute atomic E-state index is 0.224. The summed E-state index contributed by atoms with van der Waals surface area (Å²) in [6.07, 6.45) is -3.72. The highest BCUT2D eigenvalue weighted by atomic mass is 16.7. The minimum Gasteiger partial charge on any atom is -0.374 e. The largest absolute Gasteiger partial charge is 0.374 e. The highest BCUT2D eigenvalue weighted by Gasteiger charge is 2.48. The molecule has 4 aromatic rings. The maximum Gasteiger partial charge on any atom is 0.184 e. The zero-order valence-corrected chi connectivity index (χ0v) is 22.5. The first kappa shape index (κ1) is 28.2. The van der Waals surface area contributed by atoms with Crippen molar-refractivity contribution in [1.82, 2.24) is 0 Å². The summed E-state index contributed by atoms with van der Waals surface area (Å²) in [6.45, 7) is 1.65. The van der Waals surface area contributed by atoms with Gasteiger partial charge in [-0.25, -0.2) is 0 Å². The Labute approximate surface area is 236 Å². The average molecular weight is 541 g/mol. The van der Waals surface area contributed by atoms with E-state index < -0.39 is 30.7 Å². The van der Waals surface area contributed by atoms with E-state index in [0.717, 1.165) is 22.3 Å². The Balaban J connectivity index is 1.36. The van der Waals surface area contributed by atoms with E-state index >= 15 is 0 Å². The number of hydrogen-bond acceptors (Lipinski definition) is 6. The van der Waals surface area contributed by atoms with E-state index in [1.807, 2.05) is 121 Å². The quantitative estimate of drug-likeness (QED) is 0.236. The predicted molar refractivity (Wildman–Crippen MR) is 152 cm³/mol. The van der Waals surface area contributed by atoms with Crippen molar-refractivity contribution in [2.75, 3.05) is 6.61 Å². The lowest BCUT2D eigenvalue weighted by Crippen LogP contribution is -2.61. The average Bonchev–Trinajstić information content (AvgIpc) is 3.01.